The third kappa shape index (κ3) is 3.29. The smallest absolute Gasteiger partial charge is 0.158 e. The molecule has 0 spiro atoms. The van der Waals surface area contributed by atoms with Gasteiger partial charge in [-0.15, -0.1) is 0 Å². The number of nitrogens with one attached hydrogen (secondary N) is 1. The van der Waals surface area contributed by atoms with Crippen molar-refractivity contribution in [1.82, 2.24) is 15.0 Å². The highest BCUT2D eigenvalue weighted by Crippen LogP contribution is 2.40. The summed E-state index contributed by atoms with van der Waals surface area (Å²) in [4.78, 5) is 17.8. The highest BCUT2D eigenvalue weighted by molar-refractivity contribution is 5.76. The minimum Gasteiger partial charge on any atom is -0.368 e. The summed E-state index contributed by atoms with van der Waals surface area (Å²) in [6.45, 7) is 6.25. The molecule has 0 unspecified atom stereocenters. The lowest BCUT2D eigenvalue weighted by Crippen LogP contribution is -2.41. The number of aromatic nitrogens is 3. The molecule has 3 aromatic rings. The molecule has 1 fully saturated rings. The molecule has 1 N–H and O–H groups in total. The minimum absolute atomic E-state index is 0.296. The molecule has 6 nitrogen and oxygen atoms in total. The van der Waals surface area contributed by atoms with Crippen LogP contribution in [0.1, 0.15) is 12.8 Å². The predicted molar refractivity (Wildman–Crippen MR) is 112 cm³/mol. The van der Waals surface area contributed by atoms with Crippen molar-refractivity contribution < 1.29 is 4.39 Å². The summed E-state index contributed by atoms with van der Waals surface area (Å²) >= 11 is 0. The van der Waals surface area contributed by atoms with E-state index in [4.69, 9.17) is 4.98 Å². The van der Waals surface area contributed by atoms with E-state index < -0.39 is 0 Å². The molecule has 0 aliphatic carbocycles. The van der Waals surface area contributed by atoms with Crippen molar-refractivity contribution in [1.29, 1.82) is 0 Å². The molecule has 0 saturated carbocycles. The highest BCUT2D eigenvalue weighted by atomic mass is 19.1. The van der Waals surface area contributed by atoms with Crippen LogP contribution in [0.4, 0.5) is 21.7 Å². The molecular weight excluding hydrogens is 367 g/mol. The number of rotatable bonds is 4. The van der Waals surface area contributed by atoms with Gasteiger partial charge in [0.05, 0.1) is 17.6 Å². The van der Waals surface area contributed by atoms with E-state index in [0.29, 0.717) is 17.3 Å². The molecule has 0 aromatic carbocycles. The zero-order valence-electron chi connectivity index (χ0n) is 15.9. The Hall–Kier alpha value is -3.48. The Morgan fingerprint density at radius 3 is 2.76 bits per heavy atom. The van der Waals surface area contributed by atoms with E-state index in [0.717, 1.165) is 49.1 Å². The van der Waals surface area contributed by atoms with Gasteiger partial charge in [0.25, 0.3) is 0 Å². The van der Waals surface area contributed by atoms with Gasteiger partial charge in [-0.2, -0.15) is 0 Å². The number of pyridine rings is 3. The lowest BCUT2D eigenvalue weighted by atomic mass is 10.1. The van der Waals surface area contributed by atoms with Crippen LogP contribution in [0.15, 0.2) is 67.4 Å². The summed E-state index contributed by atoms with van der Waals surface area (Å²) in [5.41, 5.74) is 2.42. The summed E-state index contributed by atoms with van der Waals surface area (Å²) in [6, 6.07) is 11.5. The second-order valence-corrected chi connectivity index (χ2v) is 7.31. The Bertz CT molecular complexity index is 1050. The van der Waals surface area contributed by atoms with Crippen LogP contribution in [0.5, 0.6) is 0 Å². The quantitative estimate of drug-likeness (QED) is 0.728. The number of hydrogen-bond donors (Lipinski definition) is 1. The van der Waals surface area contributed by atoms with Crippen molar-refractivity contribution in [3.05, 3.63) is 73.2 Å². The first-order chi connectivity index (χ1) is 14.2. The molecule has 29 heavy (non-hydrogen) atoms. The number of nitrogens with zero attached hydrogens (tertiary/aromatic N) is 5. The zero-order chi connectivity index (χ0) is 19.8. The average molecular weight is 388 g/mol. The van der Waals surface area contributed by atoms with E-state index in [-0.39, 0.29) is 5.82 Å². The molecule has 1 saturated heterocycles. The van der Waals surface area contributed by atoms with Gasteiger partial charge in [0.15, 0.2) is 5.82 Å². The van der Waals surface area contributed by atoms with Crippen molar-refractivity contribution in [3.63, 3.8) is 0 Å². The van der Waals surface area contributed by atoms with Crippen LogP contribution in [0.3, 0.4) is 0 Å². The van der Waals surface area contributed by atoms with Gasteiger partial charge in [-0.25, -0.2) is 14.4 Å². The van der Waals surface area contributed by atoms with E-state index in [9.17, 15) is 4.39 Å². The Kier molecular flexibility index (Phi) is 4.35. The molecule has 7 heteroatoms. The van der Waals surface area contributed by atoms with Gasteiger partial charge in [-0.05, 0) is 43.2 Å². The fourth-order valence-electron chi connectivity index (χ4n) is 4.11. The molecule has 0 amide bonds. The number of piperidine rings is 1. The van der Waals surface area contributed by atoms with Crippen LogP contribution in [-0.4, -0.2) is 34.1 Å². The van der Waals surface area contributed by atoms with Gasteiger partial charge in [0, 0.05) is 37.1 Å². The molecule has 0 radical (unpaired) electrons. The fraction of sp³-hybridized carbons (Fsp3) is 0.227. The first-order valence-corrected chi connectivity index (χ1v) is 9.72. The van der Waals surface area contributed by atoms with Gasteiger partial charge in [0.1, 0.15) is 17.5 Å². The van der Waals surface area contributed by atoms with Crippen LogP contribution < -0.4 is 15.1 Å². The standard InChI is InChI=1S/C22H21FN6/c1-15(26-21-4-2-3-9-25-21)29-18-7-10-28(11-8-18)20-6-5-19(27-22(20)29)16-12-17(23)14-24-13-16/h2-6,9,12-14,18H,1,7-8,10-11H2,(H,25,26). The van der Waals surface area contributed by atoms with E-state index in [2.05, 4.69) is 37.7 Å². The summed E-state index contributed by atoms with van der Waals surface area (Å²) in [7, 11) is 0. The van der Waals surface area contributed by atoms with Gasteiger partial charge < -0.3 is 15.1 Å². The molecule has 3 aliphatic rings. The van der Waals surface area contributed by atoms with Crippen molar-refractivity contribution in [2.24, 2.45) is 0 Å². The Morgan fingerprint density at radius 2 is 2.00 bits per heavy atom. The molecule has 6 heterocycles. The van der Waals surface area contributed by atoms with Crippen LogP contribution in [0.2, 0.25) is 0 Å². The van der Waals surface area contributed by atoms with E-state index in [1.807, 2.05) is 24.3 Å². The van der Waals surface area contributed by atoms with Crippen LogP contribution in [-0.2, 0) is 0 Å². The molecule has 3 aliphatic heterocycles. The summed E-state index contributed by atoms with van der Waals surface area (Å²) in [5, 5.41) is 3.32. The zero-order valence-corrected chi connectivity index (χ0v) is 15.9. The summed E-state index contributed by atoms with van der Waals surface area (Å²) in [5.74, 6) is 1.94. The fourth-order valence-corrected chi connectivity index (χ4v) is 4.11. The first-order valence-electron chi connectivity index (χ1n) is 9.72. The number of halogens is 1. The van der Waals surface area contributed by atoms with E-state index in [1.54, 1.807) is 12.4 Å². The summed E-state index contributed by atoms with van der Waals surface area (Å²) in [6.07, 6.45) is 6.63. The van der Waals surface area contributed by atoms with E-state index in [1.165, 1.54) is 12.3 Å². The Labute approximate surface area is 168 Å². The van der Waals surface area contributed by atoms with E-state index >= 15 is 0 Å². The average Bonchev–Trinajstić information content (AvgIpc) is 3.00. The predicted octanol–water partition coefficient (Wildman–Crippen LogP) is 4.05. The van der Waals surface area contributed by atoms with Crippen molar-refractivity contribution in [3.8, 4) is 11.3 Å². The minimum atomic E-state index is -0.374. The second kappa shape index (κ2) is 7.16. The SMILES string of the molecule is C=C(Nc1ccccn1)N1c2nc(-c3cncc(F)c3)ccc2N2CCC1CC2. The first kappa shape index (κ1) is 17.6. The number of anilines is 3. The maximum atomic E-state index is 13.7. The molecule has 146 valence electrons. The number of fused-ring (bicyclic) bond motifs is 2. The lowest BCUT2D eigenvalue weighted by Gasteiger charge is -2.34. The monoisotopic (exact) mass is 388 g/mol. The topological polar surface area (TPSA) is 57.2 Å². The molecule has 3 aromatic heterocycles. The highest BCUT2D eigenvalue weighted by Gasteiger charge is 2.35. The maximum Gasteiger partial charge on any atom is 0.158 e. The van der Waals surface area contributed by atoms with Crippen LogP contribution in [0.25, 0.3) is 11.3 Å². The maximum absolute atomic E-state index is 13.7. The third-order valence-corrected chi connectivity index (χ3v) is 5.48. The Morgan fingerprint density at radius 1 is 1.14 bits per heavy atom. The van der Waals surface area contributed by atoms with Crippen LogP contribution in [0, 0.1) is 5.82 Å². The lowest BCUT2D eigenvalue weighted by molar-refractivity contribution is 0.500. The van der Waals surface area contributed by atoms with Crippen LogP contribution >= 0.6 is 0 Å². The van der Waals surface area contributed by atoms with Gasteiger partial charge in [-0.1, -0.05) is 12.6 Å². The Balaban J connectivity index is 1.57. The summed E-state index contributed by atoms with van der Waals surface area (Å²) < 4.78 is 13.7. The second-order valence-electron chi connectivity index (χ2n) is 7.31. The van der Waals surface area contributed by atoms with Gasteiger partial charge in [0.2, 0.25) is 0 Å². The van der Waals surface area contributed by atoms with Gasteiger partial charge in [-0.3, -0.25) is 4.98 Å². The van der Waals surface area contributed by atoms with Gasteiger partial charge >= 0.3 is 0 Å². The van der Waals surface area contributed by atoms with Crippen molar-refractivity contribution in [2.45, 2.75) is 18.9 Å². The molecular formula is C22H21FN6. The van der Waals surface area contributed by atoms with Crippen molar-refractivity contribution in [2.75, 3.05) is 28.2 Å². The molecule has 2 bridgehead atoms. The largest absolute Gasteiger partial charge is 0.368 e. The molecule has 0 atom stereocenters. The third-order valence-electron chi connectivity index (χ3n) is 5.48. The molecule has 6 rings (SSSR count). The number of hydrogen-bond acceptors (Lipinski definition) is 6. The normalized spacial score (nSPS) is 15.8. The van der Waals surface area contributed by atoms with Crippen molar-refractivity contribution >= 4 is 17.3 Å².